The van der Waals surface area contributed by atoms with E-state index in [4.69, 9.17) is 0 Å². The highest BCUT2D eigenvalue weighted by atomic mass is 16.1. The van der Waals surface area contributed by atoms with Gasteiger partial charge in [0.25, 0.3) is 0 Å². The molecule has 1 aliphatic heterocycles. The first-order valence-corrected chi connectivity index (χ1v) is 8.00. The van der Waals surface area contributed by atoms with E-state index in [1.165, 1.54) is 32.1 Å². The quantitative estimate of drug-likeness (QED) is 0.828. The van der Waals surface area contributed by atoms with Crippen molar-refractivity contribution in [3.05, 3.63) is 0 Å². The van der Waals surface area contributed by atoms with E-state index in [1.54, 1.807) is 0 Å². The maximum Gasteiger partial charge on any atom is 0.137 e. The molecule has 104 valence electrons. The van der Waals surface area contributed by atoms with E-state index < -0.39 is 0 Å². The minimum absolute atomic E-state index is 0.324. The summed E-state index contributed by atoms with van der Waals surface area (Å²) in [4.78, 5) is 12.2. The summed E-state index contributed by atoms with van der Waals surface area (Å²) in [6, 6.07) is 0.482. The van der Waals surface area contributed by atoms with Crippen molar-refractivity contribution in [2.24, 2.45) is 17.8 Å². The lowest BCUT2D eigenvalue weighted by molar-refractivity contribution is -0.127. The first kappa shape index (κ1) is 14.0. The summed E-state index contributed by atoms with van der Waals surface area (Å²) in [7, 11) is 0. The van der Waals surface area contributed by atoms with Crippen LogP contribution in [0, 0.1) is 17.8 Å². The zero-order valence-electron chi connectivity index (χ0n) is 12.1. The molecule has 0 amide bonds. The first-order valence-electron chi connectivity index (χ1n) is 8.00. The van der Waals surface area contributed by atoms with Crippen molar-refractivity contribution >= 4 is 5.78 Å². The molecule has 0 bridgehead atoms. The second kappa shape index (κ2) is 6.70. The predicted molar refractivity (Wildman–Crippen MR) is 75.6 cm³/mol. The van der Waals surface area contributed by atoms with Crippen LogP contribution in [-0.4, -0.2) is 18.4 Å². The summed E-state index contributed by atoms with van der Waals surface area (Å²) >= 11 is 0. The molecule has 2 nitrogen and oxygen atoms in total. The van der Waals surface area contributed by atoms with Crippen molar-refractivity contribution in [1.29, 1.82) is 0 Å². The van der Waals surface area contributed by atoms with Crippen molar-refractivity contribution in [3.8, 4) is 0 Å². The number of ketones is 1. The normalized spacial score (nSPS) is 37.8. The zero-order valence-corrected chi connectivity index (χ0v) is 12.1. The molecule has 2 heteroatoms. The fourth-order valence-electron chi connectivity index (χ4n) is 3.91. The van der Waals surface area contributed by atoms with Crippen LogP contribution in [0.15, 0.2) is 0 Å². The summed E-state index contributed by atoms with van der Waals surface area (Å²) in [6.07, 6.45) is 9.52. The molecule has 1 heterocycles. The molecular formula is C16H29NO. The molecule has 0 aromatic heterocycles. The molecule has 2 aliphatic rings. The van der Waals surface area contributed by atoms with Crippen LogP contribution < -0.4 is 5.32 Å². The van der Waals surface area contributed by atoms with E-state index >= 15 is 0 Å². The van der Waals surface area contributed by atoms with Crippen molar-refractivity contribution in [3.63, 3.8) is 0 Å². The van der Waals surface area contributed by atoms with Gasteiger partial charge in [0.2, 0.25) is 0 Å². The lowest BCUT2D eigenvalue weighted by atomic mass is 9.72. The average molecular weight is 251 g/mol. The van der Waals surface area contributed by atoms with Gasteiger partial charge < -0.3 is 5.32 Å². The standard InChI is InChI=1S/C16H29NO/c1-3-5-13-6-7-16(18)14(10-13)15-11-12(4-2)8-9-17-15/h12-15,17H,3-11H2,1-2H3. The van der Waals surface area contributed by atoms with E-state index in [1.807, 2.05) is 0 Å². The SMILES string of the molecule is CCCC1CCC(=O)C(C2CC(CC)CCN2)C1. The molecule has 4 atom stereocenters. The minimum Gasteiger partial charge on any atom is -0.313 e. The Morgan fingerprint density at radius 1 is 1.17 bits per heavy atom. The molecule has 2 fully saturated rings. The number of hydrogen-bond acceptors (Lipinski definition) is 2. The first-order chi connectivity index (χ1) is 8.74. The summed E-state index contributed by atoms with van der Waals surface area (Å²) in [6.45, 7) is 5.67. The van der Waals surface area contributed by atoms with Crippen LogP contribution in [-0.2, 0) is 4.79 Å². The molecule has 1 saturated heterocycles. The Hall–Kier alpha value is -0.370. The largest absolute Gasteiger partial charge is 0.313 e. The average Bonchev–Trinajstić information content (AvgIpc) is 2.41. The molecule has 0 aromatic rings. The molecule has 4 unspecified atom stereocenters. The second-order valence-corrected chi connectivity index (χ2v) is 6.36. The molecule has 1 aliphatic carbocycles. The lowest BCUT2D eigenvalue weighted by Crippen LogP contribution is -2.47. The highest BCUT2D eigenvalue weighted by molar-refractivity contribution is 5.82. The maximum absolute atomic E-state index is 12.2. The van der Waals surface area contributed by atoms with E-state index in [0.29, 0.717) is 17.7 Å². The fraction of sp³-hybridized carbons (Fsp3) is 0.938. The van der Waals surface area contributed by atoms with E-state index in [-0.39, 0.29) is 0 Å². The van der Waals surface area contributed by atoms with Gasteiger partial charge in [-0.3, -0.25) is 4.79 Å². The van der Waals surface area contributed by atoms with Crippen molar-refractivity contribution in [1.82, 2.24) is 5.32 Å². The maximum atomic E-state index is 12.2. The molecule has 1 saturated carbocycles. The third-order valence-electron chi connectivity index (χ3n) is 5.11. The number of nitrogens with one attached hydrogen (secondary N) is 1. The Labute approximate surface area is 112 Å². The molecule has 18 heavy (non-hydrogen) atoms. The molecule has 0 aromatic carbocycles. The van der Waals surface area contributed by atoms with Gasteiger partial charge in [0.1, 0.15) is 5.78 Å². The molecule has 0 radical (unpaired) electrons. The van der Waals surface area contributed by atoms with Crippen LogP contribution in [0.4, 0.5) is 0 Å². The fourth-order valence-corrected chi connectivity index (χ4v) is 3.91. The number of carbonyl (C=O) groups excluding carboxylic acids is 1. The highest BCUT2D eigenvalue weighted by Gasteiger charge is 2.36. The number of Topliss-reactive ketones (excluding diaryl/α,β-unsaturated/α-hetero) is 1. The van der Waals surface area contributed by atoms with Crippen LogP contribution in [0.25, 0.3) is 0 Å². The number of piperidine rings is 1. The predicted octanol–water partition coefficient (Wildman–Crippen LogP) is 3.55. The third kappa shape index (κ3) is 3.34. The van der Waals surface area contributed by atoms with Crippen LogP contribution in [0.2, 0.25) is 0 Å². The molecule has 2 rings (SSSR count). The molecule has 0 spiro atoms. The lowest BCUT2D eigenvalue weighted by Gasteiger charge is -2.38. The van der Waals surface area contributed by atoms with Gasteiger partial charge in [-0.15, -0.1) is 0 Å². The summed E-state index contributed by atoms with van der Waals surface area (Å²) < 4.78 is 0. The topological polar surface area (TPSA) is 29.1 Å². The Morgan fingerprint density at radius 3 is 2.72 bits per heavy atom. The second-order valence-electron chi connectivity index (χ2n) is 6.36. The Balaban J connectivity index is 1.94. The third-order valence-corrected chi connectivity index (χ3v) is 5.11. The smallest absolute Gasteiger partial charge is 0.137 e. The van der Waals surface area contributed by atoms with E-state index in [2.05, 4.69) is 19.2 Å². The van der Waals surface area contributed by atoms with Crippen LogP contribution >= 0.6 is 0 Å². The zero-order chi connectivity index (χ0) is 13.0. The van der Waals surface area contributed by atoms with Gasteiger partial charge in [0, 0.05) is 18.4 Å². The summed E-state index contributed by atoms with van der Waals surface area (Å²) in [5.41, 5.74) is 0. The van der Waals surface area contributed by atoms with Gasteiger partial charge in [0.15, 0.2) is 0 Å². The molecule has 1 N–H and O–H groups in total. The van der Waals surface area contributed by atoms with Gasteiger partial charge in [-0.25, -0.2) is 0 Å². The summed E-state index contributed by atoms with van der Waals surface area (Å²) in [5, 5.41) is 3.63. The Morgan fingerprint density at radius 2 is 2.00 bits per heavy atom. The van der Waals surface area contributed by atoms with Crippen LogP contribution in [0.3, 0.4) is 0 Å². The van der Waals surface area contributed by atoms with Crippen molar-refractivity contribution in [2.45, 2.75) is 71.3 Å². The number of hydrogen-bond donors (Lipinski definition) is 1. The van der Waals surface area contributed by atoms with Crippen LogP contribution in [0.1, 0.15) is 65.2 Å². The van der Waals surface area contributed by atoms with Crippen LogP contribution in [0.5, 0.6) is 0 Å². The number of carbonyl (C=O) groups is 1. The van der Waals surface area contributed by atoms with Gasteiger partial charge in [0.05, 0.1) is 0 Å². The Bertz CT molecular complexity index is 276. The summed E-state index contributed by atoms with van der Waals surface area (Å²) in [5.74, 6) is 2.51. The van der Waals surface area contributed by atoms with E-state index in [9.17, 15) is 4.79 Å². The molecular weight excluding hydrogens is 222 g/mol. The van der Waals surface area contributed by atoms with Gasteiger partial charge in [-0.2, -0.15) is 0 Å². The monoisotopic (exact) mass is 251 g/mol. The van der Waals surface area contributed by atoms with Crippen molar-refractivity contribution < 1.29 is 4.79 Å². The Kier molecular flexibility index (Phi) is 5.23. The van der Waals surface area contributed by atoms with E-state index in [0.717, 1.165) is 37.6 Å². The minimum atomic E-state index is 0.324. The van der Waals surface area contributed by atoms with Gasteiger partial charge in [-0.1, -0.05) is 33.1 Å². The van der Waals surface area contributed by atoms with Gasteiger partial charge in [-0.05, 0) is 44.1 Å². The number of rotatable bonds is 4. The highest BCUT2D eigenvalue weighted by Crippen LogP contribution is 2.35. The van der Waals surface area contributed by atoms with Gasteiger partial charge >= 0.3 is 0 Å². The van der Waals surface area contributed by atoms with Crippen molar-refractivity contribution in [2.75, 3.05) is 6.54 Å².